The Labute approximate surface area is 138 Å². The van der Waals surface area contributed by atoms with Gasteiger partial charge in [0.15, 0.2) is 0 Å². The molecule has 0 amide bonds. The van der Waals surface area contributed by atoms with Gasteiger partial charge in [-0.15, -0.1) is 0 Å². The second-order valence-electron chi connectivity index (χ2n) is 6.27. The van der Waals surface area contributed by atoms with Crippen LogP contribution in [-0.4, -0.2) is 27.0 Å². The summed E-state index contributed by atoms with van der Waals surface area (Å²) in [6.45, 7) is 3.08. The summed E-state index contributed by atoms with van der Waals surface area (Å²) in [5, 5.41) is 0. The Morgan fingerprint density at radius 1 is 1.17 bits per heavy atom. The predicted molar refractivity (Wildman–Crippen MR) is 88.7 cm³/mol. The summed E-state index contributed by atoms with van der Waals surface area (Å²) < 4.78 is 31.6. The van der Waals surface area contributed by atoms with E-state index in [1.807, 2.05) is 12.1 Å². The Balaban J connectivity index is 1.98. The number of hydrogen-bond acceptors (Lipinski definition) is 4. The lowest BCUT2D eigenvalue weighted by Crippen LogP contribution is -2.31. The molecule has 0 saturated heterocycles. The first-order chi connectivity index (χ1) is 10.9. The summed E-state index contributed by atoms with van der Waals surface area (Å²) in [5.74, 6) is -0.0446. The molecule has 0 radical (unpaired) electrons. The molecule has 23 heavy (non-hydrogen) atoms. The zero-order chi connectivity index (χ0) is 16.9. The number of carbonyl (C=O) groups excluding carboxylic acids is 1. The van der Waals surface area contributed by atoms with Gasteiger partial charge in [0, 0.05) is 0 Å². The van der Waals surface area contributed by atoms with Crippen molar-refractivity contribution >= 4 is 16.0 Å². The summed E-state index contributed by atoms with van der Waals surface area (Å²) >= 11 is 0. The molecule has 1 fully saturated rings. The third-order valence-corrected chi connectivity index (χ3v) is 5.46. The molecule has 0 aliphatic heterocycles. The first-order valence-corrected chi connectivity index (χ1v) is 9.66. The van der Waals surface area contributed by atoms with E-state index in [0.29, 0.717) is 5.92 Å². The van der Waals surface area contributed by atoms with Gasteiger partial charge in [-0.2, -0.15) is 4.72 Å². The summed E-state index contributed by atoms with van der Waals surface area (Å²) in [6, 6.07) is 6.99. The van der Waals surface area contributed by atoms with Crippen molar-refractivity contribution in [1.29, 1.82) is 0 Å². The molecule has 0 unspecified atom stereocenters. The van der Waals surface area contributed by atoms with Gasteiger partial charge in [0.2, 0.25) is 10.0 Å². The van der Waals surface area contributed by atoms with Crippen molar-refractivity contribution in [3.8, 4) is 0 Å². The molecule has 0 spiro atoms. The number of carbonyl (C=O) groups is 1. The van der Waals surface area contributed by atoms with E-state index in [-0.39, 0.29) is 17.5 Å². The third kappa shape index (κ3) is 5.32. The molecule has 1 saturated carbocycles. The highest BCUT2D eigenvalue weighted by molar-refractivity contribution is 7.89. The number of hydrogen-bond donors (Lipinski definition) is 1. The van der Waals surface area contributed by atoms with Crippen LogP contribution in [0, 0.1) is 0 Å². The van der Waals surface area contributed by atoms with Crippen LogP contribution in [0.15, 0.2) is 29.2 Å². The second kappa shape index (κ2) is 7.93. The zero-order valence-corrected chi connectivity index (χ0v) is 14.6. The maximum atomic E-state index is 12.2. The molecule has 0 heterocycles. The van der Waals surface area contributed by atoms with Gasteiger partial charge in [-0.05, 0) is 50.3 Å². The number of nitrogens with one attached hydrogen (secondary N) is 1. The van der Waals surface area contributed by atoms with Gasteiger partial charge in [-0.3, -0.25) is 4.79 Å². The van der Waals surface area contributed by atoms with Crippen molar-refractivity contribution in [2.45, 2.75) is 62.9 Å². The molecule has 1 aliphatic carbocycles. The highest BCUT2D eigenvalue weighted by Crippen LogP contribution is 2.32. The third-order valence-electron chi connectivity index (χ3n) is 4.04. The molecule has 1 N–H and O–H groups in total. The molecule has 1 aromatic rings. The molecular weight excluding hydrogens is 314 g/mol. The monoisotopic (exact) mass is 339 g/mol. The Hall–Kier alpha value is -1.40. The van der Waals surface area contributed by atoms with Gasteiger partial charge in [-0.1, -0.05) is 31.4 Å². The van der Waals surface area contributed by atoms with Crippen molar-refractivity contribution in [3.05, 3.63) is 29.8 Å². The molecule has 1 aromatic carbocycles. The van der Waals surface area contributed by atoms with Gasteiger partial charge < -0.3 is 4.74 Å². The van der Waals surface area contributed by atoms with Crippen molar-refractivity contribution in [2.24, 2.45) is 0 Å². The number of esters is 1. The average Bonchev–Trinajstić information content (AvgIpc) is 2.53. The topological polar surface area (TPSA) is 72.5 Å². The molecule has 0 aromatic heterocycles. The molecule has 2 rings (SSSR count). The summed E-state index contributed by atoms with van der Waals surface area (Å²) in [7, 11) is -3.69. The standard InChI is InChI=1S/C17H25NO4S/c1-13(2)22-17(19)12-18-23(20,21)16-10-8-15(9-11-16)14-6-4-3-5-7-14/h8-11,13-14,18H,3-7,12H2,1-2H3. The van der Waals surface area contributed by atoms with E-state index in [9.17, 15) is 13.2 Å². The smallest absolute Gasteiger partial charge is 0.321 e. The lowest BCUT2D eigenvalue weighted by Gasteiger charge is -2.22. The average molecular weight is 339 g/mol. The Morgan fingerprint density at radius 3 is 2.35 bits per heavy atom. The van der Waals surface area contributed by atoms with E-state index in [1.165, 1.54) is 37.7 Å². The van der Waals surface area contributed by atoms with Crippen LogP contribution in [0.5, 0.6) is 0 Å². The predicted octanol–water partition coefficient (Wildman–Crippen LogP) is 2.96. The lowest BCUT2D eigenvalue weighted by molar-refractivity contribution is -0.145. The van der Waals surface area contributed by atoms with Crippen molar-refractivity contribution in [3.63, 3.8) is 0 Å². The van der Waals surface area contributed by atoms with E-state index in [1.54, 1.807) is 26.0 Å². The fraction of sp³-hybridized carbons (Fsp3) is 0.588. The van der Waals surface area contributed by atoms with Crippen LogP contribution in [0.1, 0.15) is 57.4 Å². The zero-order valence-electron chi connectivity index (χ0n) is 13.7. The van der Waals surface area contributed by atoms with Gasteiger partial charge in [-0.25, -0.2) is 8.42 Å². The van der Waals surface area contributed by atoms with E-state index < -0.39 is 16.0 Å². The molecular formula is C17H25NO4S. The maximum Gasteiger partial charge on any atom is 0.321 e. The van der Waals surface area contributed by atoms with E-state index in [2.05, 4.69) is 4.72 Å². The number of benzene rings is 1. The first-order valence-electron chi connectivity index (χ1n) is 8.17. The van der Waals surface area contributed by atoms with Crippen molar-refractivity contribution < 1.29 is 17.9 Å². The maximum absolute atomic E-state index is 12.2. The van der Waals surface area contributed by atoms with Gasteiger partial charge in [0.25, 0.3) is 0 Å². The van der Waals surface area contributed by atoms with Crippen LogP contribution in [-0.2, 0) is 19.6 Å². The number of ether oxygens (including phenoxy) is 1. The normalized spacial score (nSPS) is 16.5. The summed E-state index contributed by atoms with van der Waals surface area (Å²) in [6.07, 6.45) is 5.85. The minimum atomic E-state index is -3.69. The Bertz CT molecular complexity index is 616. The van der Waals surface area contributed by atoms with Gasteiger partial charge >= 0.3 is 5.97 Å². The summed E-state index contributed by atoms with van der Waals surface area (Å²) in [4.78, 5) is 11.6. The lowest BCUT2D eigenvalue weighted by atomic mass is 9.84. The number of rotatable bonds is 6. The molecule has 0 atom stereocenters. The van der Waals surface area contributed by atoms with E-state index >= 15 is 0 Å². The SMILES string of the molecule is CC(C)OC(=O)CNS(=O)(=O)c1ccc(C2CCCCC2)cc1. The first kappa shape index (κ1) is 17.9. The van der Waals surface area contributed by atoms with Crippen molar-refractivity contribution in [1.82, 2.24) is 4.72 Å². The molecule has 1 aliphatic rings. The minimum Gasteiger partial charge on any atom is -0.462 e. The molecule has 5 nitrogen and oxygen atoms in total. The molecule has 6 heteroatoms. The van der Waals surface area contributed by atoms with Gasteiger partial charge in [0.05, 0.1) is 11.0 Å². The Morgan fingerprint density at radius 2 is 1.78 bits per heavy atom. The van der Waals surface area contributed by atoms with Crippen LogP contribution in [0.25, 0.3) is 0 Å². The fourth-order valence-electron chi connectivity index (χ4n) is 2.90. The highest BCUT2D eigenvalue weighted by Gasteiger charge is 2.19. The number of sulfonamides is 1. The van der Waals surface area contributed by atoms with Crippen LogP contribution < -0.4 is 4.72 Å². The van der Waals surface area contributed by atoms with Crippen LogP contribution in [0.4, 0.5) is 0 Å². The highest BCUT2D eigenvalue weighted by atomic mass is 32.2. The van der Waals surface area contributed by atoms with Crippen LogP contribution in [0.3, 0.4) is 0 Å². The van der Waals surface area contributed by atoms with Crippen LogP contribution in [0.2, 0.25) is 0 Å². The second-order valence-corrected chi connectivity index (χ2v) is 8.03. The minimum absolute atomic E-state index is 0.175. The quantitative estimate of drug-likeness (QED) is 0.809. The molecule has 0 bridgehead atoms. The van der Waals surface area contributed by atoms with Crippen LogP contribution >= 0.6 is 0 Å². The van der Waals surface area contributed by atoms with Crippen molar-refractivity contribution in [2.75, 3.05) is 6.54 Å². The van der Waals surface area contributed by atoms with Gasteiger partial charge in [0.1, 0.15) is 6.54 Å². The molecule has 128 valence electrons. The van der Waals surface area contributed by atoms with E-state index in [0.717, 1.165) is 0 Å². The fourth-order valence-corrected chi connectivity index (χ4v) is 3.87. The van der Waals surface area contributed by atoms with E-state index in [4.69, 9.17) is 4.74 Å². The summed E-state index contributed by atoms with van der Waals surface area (Å²) in [5.41, 5.74) is 1.20. The Kier molecular flexibility index (Phi) is 6.18. The largest absolute Gasteiger partial charge is 0.462 e.